The van der Waals surface area contributed by atoms with Crippen molar-refractivity contribution in [1.29, 1.82) is 0 Å². The first-order valence-corrected chi connectivity index (χ1v) is 21.3. The van der Waals surface area contributed by atoms with E-state index in [0.29, 0.717) is 89.4 Å². The first-order chi connectivity index (χ1) is 29.6. The summed E-state index contributed by atoms with van der Waals surface area (Å²) in [5.41, 5.74) is 8.14. The Balaban J connectivity index is 1.43. The Morgan fingerprint density at radius 2 is 0.645 bits per heavy atom. The lowest BCUT2D eigenvalue weighted by Crippen LogP contribution is -1.97. The van der Waals surface area contributed by atoms with Gasteiger partial charge in [0, 0.05) is 68.6 Å². The third-order valence-electron chi connectivity index (χ3n) is 10.4. The van der Waals surface area contributed by atoms with Crippen molar-refractivity contribution in [3.8, 4) is 44.5 Å². The summed E-state index contributed by atoms with van der Waals surface area (Å²) in [6, 6.07) is 30.4. The first kappa shape index (κ1) is 39.6. The average molecular weight is 865 g/mol. The minimum atomic E-state index is -4.52. The Labute approximate surface area is 351 Å². The van der Waals surface area contributed by atoms with Gasteiger partial charge >= 0.3 is 0 Å². The molecule has 0 saturated carbocycles. The summed E-state index contributed by atoms with van der Waals surface area (Å²) in [4.78, 5) is 38.8. The number of nitrogens with zero attached hydrogens (tertiary/aromatic N) is 4. The molecule has 5 heterocycles. The summed E-state index contributed by atoms with van der Waals surface area (Å²) in [7, 11) is -9.04. The molecule has 0 atom stereocenters. The summed E-state index contributed by atoms with van der Waals surface area (Å²) in [6.45, 7) is 0. The van der Waals surface area contributed by atoms with Crippen molar-refractivity contribution in [3.63, 3.8) is 0 Å². The van der Waals surface area contributed by atoms with Gasteiger partial charge < -0.3 is 9.97 Å². The van der Waals surface area contributed by atoms with E-state index in [9.17, 15) is 46.2 Å². The van der Waals surface area contributed by atoms with Crippen LogP contribution in [0.15, 0.2) is 131 Å². The van der Waals surface area contributed by atoms with Crippen molar-refractivity contribution in [2.24, 2.45) is 0 Å². The topological polar surface area (TPSA) is 252 Å². The minimum Gasteiger partial charge on any atom is -0.354 e. The number of hydrogen-bond acceptors (Lipinski definition) is 10. The van der Waals surface area contributed by atoms with Gasteiger partial charge in [-0.3, -0.25) is 29.3 Å². The molecule has 0 amide bonds. The van der Waals surface area contributed by atoms with Crippen LogP contribution >= 0.6 is 0 Å². The summed E-state index contributed by atoms with van der Waals surface area (Å²) >= 11 is 0. The molecule has 16 nitrogen and oxygen atoms in total. The molecule has 0 radical (unpaired) electrons. The van der Waals surface area contributed by atoms with Crippen LogP contribution in [-0.4, -0.2) is 55.7 Å². The van der Waals surface area contributed by atoms with E-state index in [1.54, 1.807) is 60.7 Å². The molecule has 3 aromatic heterocycles. The van der Waals surface area contributed by atoms with E-state index in [2.05, 4.69) is 9.97 Å². The minimum absolute atomic E-state index is 0.116. The summed E-state index contributed by atoms with van der Waals surface area (Å²) in [6.07, 6.45) is 7.10. The van der Waals surface area contributed by atoms with E-state index in [1.807, 2.05) is 12.1 Å². The van der Waals surface area contributed by atoms with Crippen LogP contribution in [0, 0.1) is 20.2 Å². The molecule has 0 fully saturated rings. The van der Waals surface area contributed by atoms with E-state index in [4.69, 9.17) is 9.97 Å². The van der Waals surface area contributed by atoms with Crippen LogP contribution in [-0.2, 0) is 20.2 Å². The molecule has 4 aromatic carbocycles. The number of aromatic nitrogens is 4. The standard InChI is InChI=1S/C44H28N6O10S2/c51-49(52)29-9-1-25(2-10-29)41-33-17-18-34(45-33)42(26-3-11-30(12-4-26)50(53)54)36-20-22-38(47-36)44(28-7-15-32(16-8-28)62(58,59)60)40-24-23-39(48-40)43(37-21-19-35(41)46-37)27-5-13-31(14-6-27)61(55,56)57/h1-24,45,48H,(H,55,56,57)(H,58,59,60). The summed E-state index contributed by atoms with van der Waals surface area (Å²) in [5, 5.41) is 23.3. The van der Waals surface area contributed by atoms with Crippen molar-refractivity contribution in [2.75, 3.05) is 0 Å². The van der Waals surface area contributed by atoms with Gasteiger partial charge in [-0.2, -0.15) is 16.8 Å². The quantitative estimate of drug-likeness (QED) is 0.0633. The predicted molar refractivity (Wildman–Crippen MR) is 234 cm³/mol. The van der Waals surface area contributed by atoms with Crippen molar-refractivity contribution >= 4 is 78.0 Å². The number of rotatable bonds is 8. The van der Waals surface area contributed by atoms with Gasteiger partial charge in [-0.05, 0) is 119 Å². The Bertz CT molecular complexity index is 3260. The molecule has 0 aliphatic carbocycles. The van der Waals surface area contributed by atoms with Crippen LogP contribution in [0.3, 0.4) is 0 Å². The fourth-order valence-corrected chi connectivity index (χ4v) is 8.47. The normalized spacial score (nSPS) is 12.4. The number of H-pyrrole nitrogens is 2. The van der Waals surface area contributed by atoms with Gasteiger partial charge in [0.05, 0.1) is 42.4 Å². The van der Waals surface area contributed by atoms with Gasteiger partial charge in [-0.15, -0.1) is 0 Å². The van der Waals surface area contributed by atoms with Crippen LogP contribution in [0.4, 0.5) is 11.4 Å². The van der Waals surface area contributed by atoms with Crippen molar-refractivity contribution < 1.29 is 35.8 Å². The van der Waals surface area contributed by atoms with Gasteiger partial charge in [0.1, 0.15) is 0 Å². The Morgan fingerprint density at radius 1 is 0.403 bits per heavy atom. The largest absolute Gasteiger partial charge is 0.354 e. The number of hydrogen-bond donors (Lipinski definition) is 4. The monoisotopic (exact) mass is 864 g/mol. The van der Waals surface area contributed by atoms with Crippen LogP contribution < -0.4 is 0 Å². The number of aromatic amines is 2. The highest BCUT2D eigenvalue weighted by Crippen LogP contribution is 2.39. The van der Waals surface area contributed by atoms with Gasteiger partial charge in [0.25, 0.3) is 31.6 Å². The number of non-ortho nitro benzene ring substituents is 2. The van der Waals surface area contributed by atoms with E-state index in [1.165, 1.54) is 72.8 Å². The van der Waals surface area contributed by atoms with E-state index < -0.39 is 30.1 Å². The molecule has 0 saturated heterocycles. The Kier molecular flexibility index (Phi) is 9.56. The molecule has 7 aromatic rings. The lowest BCUT2D eigenvalue weighted by atomic mass is 10.0. The highest BCUT2D eigenvalue weighted by Gasteiger charge is 2.21. The molecule has 18 heteroatoms. The van der Waals surface area contributed by atoms with E-state index in [-0.39, 0.29) is 21.2 Å². The third kappa shape index (κ3) is 7.34. The molecule has 8 bridgehead atoms. The molecule has 9 rings (SSSR count). The maximum atomic E-state index is 12.0. The zero-order valence-corrected chi connectivity index (χ0v) is 33.3. The lowest BCUT2D eigenvalue weighted by molar-refractivity contribution is -0.385. The number of benzene rings is 4. The van der Waals surface area contributed by atoms with Gasteiger partial charge in [0.15, 0.2) is 0 Å². The van der Waals surface area contributed by atoms with Crippen molar-refractivity contribution in [1.82, 2.24) is 19.9 Å². The fraction of sp³-hybridized carbons (Fsp3) is 0. The smallest absolute Gasteiger partial charge is 0.294 e. The van der Waals surface area contributed by atoms with Crippen molar-refractivity contribution in [2.45, 2.75) is 9.79 Å². The van der Waals surface area contributed by atoms with Gasteiger partial charge in [0.2, 0.25) is 0 Å². The number of nitro benzene ring substituents is 2. The molecule has 2 aliphatic heterocycles. The lowest BCUT2D eigenvalue weighted by Gasteiger charge is -2.07. The molecule has 2 aliphatic rings. The number of fused-ring (bicyclic) bond motifs is 8. The second kappa shape index (κ2) is 15.0. The van der Waals surface area contributed by atoms with Crippen LogP contribution in [0.1, 0.15) is 22.8 Å². The SMILES string of the molecule is O=[N+]([O-])c1ccc(-c2c3nc(c(-c4ccc(S(=O)(=O)O)cc4)c4ccc([nH]4)c(-c4ccc(S(=O)(=O)O)cc4)c4nc(c(-c5ccc([N+](=O)[O-])cc5)c5ccc2[nH]5)C=C4)C=C3)cc1. The number of nitrogens with one attached hydrogen (secondary N) is 2. The maximum absolute atomic E-state index is 12.0. The van der Waals surface area contributed by atoms with Crippen molar-refractivity contribution in [3.05, 3.63) is 164 Å². The number of nitro groups is 2. The summed E-state index contributed by atoms with van der Waals surface area (Å²) in [5.74, 6) is 0. The molecular weight excluding hydrogens is 837 g/mol. The Morgan fingerprint density at radius 3 is 0.871 bits per heavy atom. The molecular formula is C44H28N6O10S2. The second-order valence-electron chi connectivity index (χ2n) is 14.1. The van der Waals surface area contributed by atoms with E-state index >= 15 is 0 Å². The zero-order valence-electron chi connectivity index (χ0n) is 31.6. The highest BCUT2D eigenvalue weighted by atomic mass is 32.2. The van der Waals surface area contributed by atoms with Crippen LogP contribution in [0.5, 0.6) is 0 Å². The Hall–Kier alpha value is -7.90. The average Bonchev–Trinajstić information content (AvgIpc) is 4.09. The zero-order chi connectivity index (χ0) is 43.5. The second-order valence-corrected chi connectivity index (χ2v) is 17.0. The maximum Gasteiger partial charge on any atom is 0.294 e. The molecule has 0 unspecified atom stereocenters. The predicted octanol–water partition coefficient (Wildman–Crippen LogP) is 9.63. The highest BCUT2D eigenvalue weighted by molar-refractivity contribution is 7.86. The fourth-order valence-electron chi connectivity index (χ4n) is 7.51. The third-order valence-corrected chi connectivity index (χ3v) is 12.1. The molecule has 4 N–H and O–H groups in total. The van der Waals surface area contributed by atoms with Crippen LogP contribution in [0.25, 0.3) is 90.9 Å². The van der Waals surface area contributed by atoms with Gasteiger partial charge in [-0.1, -0.05) is 24.3 Å². The van der Waals surface area contributed by atoms with Gasteiger partial charge in [-0.25, -0.2) is 9.97 Å². The molecule has 0 spiro atoms. The van der Waals surface area contributed by atoms with Crippen LogP contribution in [0.2, 0.25) is 0 Å². The van der Waals surface area contributed by atoms with E-state index in [0.717, 1.165) is 0 Å². The summed E-state index contributed by atoms with van der Waals surface area (Å²) < 4.78 is 67.5. The molecule has 306 valence electrons. The first-order valence-electron chi connectivity index (χ1n) is 18.4. The molecule has 62 heavy (non-hydrogen) atoms.